The third kappa shape index (κ3) is 10.5. The Morgan fingerprint density at radius 3 is 2.25 bits per heavy atom. The monoisotopic (exact) mass is 451 g/mol. The number of nitrogens with one attached hydrogen (secondary N) is 1. The van der Waals surface area contributed by atoms with Gasteiger partial charge in [-0.15, -0.1) is 0 Å². The van der Waals surface area contributed by atoms with Crippen molar-refractivity contribution < 1.29 is 33.7 Å². The molecule has 2 N–H and O–H groups in total. The number of unbranched alkanes of at least 4 members (excludes halogenated alkanes) is 1. The fourth-order valence-electron chi connectivity index (χ4n) is 3.11. The molecule has 0 bridgehead atoms. The second-order valence-electron chi connectivity index (χ2n) is 8.94. The number of methoxy groups -OCH3 is 1. The molecule has 3 atom stereocenters. The van der Waals surface area contributed by atoms with Gasteiger partial charge >= 0.3 is 18.0 Å². The van der Waals surface area contributed by atoms with Crippen LogP contribution >= 0.6 is 0 Å². The summed E-state index contributed by atoms with van der Waals surface area (Å²) in [5.41, 5.74) is 0.0386. The first-order valence-electron chi connectivity index (χ1n) is 11.0. The van der Waals surface area contributed by atoms with Crippen LogP contribution in [0.25, 0.3) is 0 Å². The Kier molecular flexibility index (Phi) is 11.0. The quantitative estimate of drug-likeness (QED) is 0.455. The molecule has 1 aromatic carbocycles. The van der Waals surface area contributed by atoms with Crippen molar-refractivity contribution in [2.24, 2.45) is 5.92 Å². The van der Waals surface area contributed by atoms with Crippen LogP contribution in [0.5, 0.6) is 5.75 Å². The van der Waals surface area contributed by atoms with Crippen LogP contribution in [-0.4, -0.2) is 48.0 Å². The number of ether oxygens (including phenoxy) is 3. The molecule has 1 amide bonds. The number of hydrogen-bond acceptors (Lipinski definition) is 6. The maximum absolute atomic E-state index is 13.0. The van der Waals surface area contributed by atoms with Crippen LogP contribution in [0.15, 0.2) is 24.3 Å². The highest BCUT2D eigenvalue weighted by atomic mass is 16.6. The van der Waals surface area contributed by atoms with Crippen LogP contribution in [0.3, 0.4) is 0 Å². The van der Waals surface area contributed by atoms with E-state index in [1.165, 1.54) is 0 Å². The fourth-order valence-corrected chi connectivity index (χ4v) is 3.11. The van der Waals surface area contributed by atoms with Crippen LogP contribution in [0, 0.1) is 5.92 Å². The molecule has 0 radical (unpaired) electrons. The van der Waals surface area contributed by atoms with E-state index in [0.29, 0.717) is 5.75 Å². The van der Waals surface area contributed by atoms with Gasteiger partial charge in [-0.2, -0.15) is 0 Å². The molecule has 8 heteroatoms. The number of esters is 1. The van der Waals surface area contributed by atoms with Gasteiger partial charge in [0.2, 0.25) is 0 Å². The number of carboxylic acid groups (broad SMARTS) is 1. The molecule has 0 aliphatic carbocycles. The average molecular weight is 452 g/mol. The average Bonchev–Trinajstić information content (AvgIpc) is 2.69. The van der Waals surface area contributed by atoms with E-state index in [4.69, 9.17) is 14.2 Å². The van der Waals surface area contributed by atoms with E-state index in [1.807, 2.05) is 13.8 Å². The standard InChI is InChI=1S/C24H37NO7/c1-7-8-9-16(2)20(15-21(26)27)31-22(28)19(25-23(29)32-24(3,4)5)14-17-10-12-18(30-6)13-11-17/h10-13,16,19-20H,7-9,14-15H2,1-6H3,(H,25,29)(H,26,27)/t16-,19+,20-/m0/s1. The molecule has 1 rings (SSSR count). The Labute approximate surface area is 190 Å². The van der Waals surface area contributed by atoms with Gasteiger partial charge in [0.05, 0.1) is 13.5 Å². The molecule has 32 heavy (non-hydrogen) atoms. The SMILES string of the molecule is CCCC[C@H](C)[C@H](CC(=O)O)OC(=O)[C@@H](Cc1ccc(OC)cc1)NC(=O)OC(C)(C)C. The number of carbonyl (C=O) groups is 3. The third-order valence-corrected chi connectivity index (χ3v) is 4.87. The van der Waals surface area contributed by atoms with E-state index in [1.54, 1.807) is 52.1 Å². The van der Waals surface area contributed by atoms with Crippen molar-refractivity contribution in [2.45, 2.75) is 84.5 Å². The van der Waals surface area contributed by atoms with Gasteiger partial charge in [-0.05, 0) is 50.8 Å². The summed E-state index contributed by atoms with van der Waals surface area (Å²) in [7, 11) is 1.56. The number of alkyl carbamates (subject to hydrolysis) is 1. The first-order valence-corrected chi connectivity index (χ1v) is 11.0. The molecule has 0 saturated carbocycles. The van der Waals surface area contributed by atoms with E-state index >= 15 is 0 Å². The van der Waals surface area contributed by atoms with Crippen molar-refractivity contribution in [1.29, 1.82) is 0 Å². The summed E-state index contributed by atoms with van der Waals surface area (Å²) in [6, 6.07) is 6.05. The van der Waals surface area contributed by atoms with Crippen LogP contribution in [-0.2, 0) is 25.5 Å². The zero-order valence-corrected chi connectivity index (χ0v) is 20.0. The van der Waals surface area contributed by atoms with Crippen molar-refractivity contribution in [3.63, 3.8) is 0 Å². The van der Waals surface area contributed by atoms with Crippen molar-refractivity contribution in [3.05, 3.63) is 29.8 Å². The van der Waals surface area contributed by atoms with Gasteiger partial charge in [0.15, 0.2) is 0 Å². The van der Waals surface area contributed by atoms with E-state index in [0.717, 1.165) is 24.8 Å². The smallest absolute Gasteiger partial charge is 0.408 e. The predicted molar refractivity (Wildman–Crippen MR) is 121 cm³/mol. The lowest BCUT2D eigenvalue weighted by atomic mass is 9.95. The summed E-state index contributed by atoms with van der Waals surface area (Å²) in [5, 5.41) is 11.9. The summed E-state index contributed by atoms with van der Waals surface area (Å²) in [5.74, 6) is -1.20. The highest BCUT2D eigenvalue weighted by molar-refractivity contribution is 5.82. The molecular weight excluding hydrogens is 414 g/mol. The molecule has 0 aromatic heterocycles. The minimum absolute atomic E-state index is 0.127. The molecule has 0 aliphatic heterocycles. The number of amides is 1. The van der Waals surface area contributed by atoms with E-state index in [-0.39, 0.29) is 18.8 Å². The van der Waals surface area contributed by atoms with Gasteiger partial charge in [-0.3, -0.25) is 4.79 Å². The molecule has 0 heterocycles. The normalized spacial score (nSPS) is 14.1. The fraction of sp³-hybridized carbons (Fsp3) is 0.625. The lowest BCUT2D eigenvalue weighted by Crippen LogP contribution is -2.47. The molecule has 0 fully saturated rings. The zero-order chi connectivity index (χ0) is 24.3. The maximum Gasteiger partial charge on any atom is 0.408 e. The van der Waals surface area contributed by atoms with Gasteiger partial charge in [0, 0.05) is 6.42 Å². The second-order valence-corrected chi connectivity index (χ2v) is 8.94. The first kappa shape index (κ1) is 27.3. The Morgan fingerprint density at radius 1 is 1.12 bits per heavy atom. The summed E-state index contributed by atoms with van der Waals surface area (Å²) in [6.07, 6.45) is 0.930. The maximum atomic E-state index is 13.0. The summed E-state index contributed by atoms with van der Waals surface area (Å²) >= 11 is 0. The molecule has 8 nitrogen and oxygen atoms in total. The van der Waals surface area contributed by atoms with Gasteiger partial charge < -0.3 is 24.6 Å². The molecular formula is C24H37NO7. The van der Waals surface area contributed by atoms with E-state index in [2.05, 4.69) is 5.32 Å². The Balaban J connectivity index is 3.03. The van der Waals surface area contributed by atoms with Gasteiger partial charge in [0.25, 0.3) is 0 Å². The van der Waals surface area contributed by atoms with Crippen LogP contribution < -0.4 is 10.1 Å². The Hall–Kier alpha value is -2.77. The lowest BCUT2D eigenvalue weighted by Gasteiger charge is -2.27. The summed E-state index contributed by atoms with van der Waals surface area (Å²) < 4.78 is 16.1. The Morgan fingerprint density at radius 2 is 1.75 bits per heavy atom. The van der Waals surface area contributed by atoms with Crippen LogP contribution in [0.2, 0.25) is 0 Å². The molecule has 180 valence electrons. The second kappa shape index (κ2) is 12.9. The highest BCUT2D eigenvalue weighted by Crippen LogP contribution is 2.20. The number of carboxylic acids is 1. The minimum atomic E-state index is -1.04. The van der Waals surface area contributed by atoms with Gasteiger partial charge in [0.1, 0.15) is 23.5 Å². The number of hydrogen-bond donors (Lipinski definition) is 2. The van der Waals surface area contributed by atoms with Crippen molar-refractivity contribution in [3.8, 4) is 5.75 Å². The summed E-state index contributed by atoms with van der Waals surface area (Å²) in [4.78, 5) is 36.7. The van der Waals surface area contributed by atoms with Crippen molar-refractivity contribution in [2.75, 3.05) is 7.11 Å². The van der Waals surface area contributed by atoms with Crippen LogP contribution in [0.1, 0.15) is 65.9 Å². The molecule has 0 unspecified atom stereocenters. The van der Waals surface area contributed by atoms with E-state index in [9.17, 15) is 19.5 Å². The minimum Gasteiger partial charge on any atom is -0.497 e. The predicted octanol–water partition coefficient (Wildman–Crippen LogP) is 4.34. The highest BCUT2D eigenvalue weighted by Gasteiger charge is 2.30. The number of rotatable bonds is 12. The molecule has 1 aromatic rings. The van der Waals surface area contributed by atoms with E-state index < -0.39 is 35.8 Å². The van der Waals surface area contributed by atoms with Gasteiger partial charge in [-0.1, -0.05) is 38.8 Å². The first-order chi connectivity index (χ1) is 14.9. The van der Waals surface area contributed by atoms with Crippen molar-refractivity contribution in [1.82, 2.24) is 5.32 Å². The number of benzene rings is 1. The van der Waals surface area contributed by atoms with Crippen LogP contribution in [0.4, 0.5) is 4.79 Å². The largest absolute Gasteiger partial charge is 0.497 e. The Bertz CT molecular complexity index is 740. The number of aliphatic carboxylic acids is 1. The topological polar surface area (TPSA) is 111 Å². The lowest BCUT2D eigenvalue weighted by molar-refractivity contribution is -0.158. The molecule has 0 aliphatic rings. The third-order valence-electron chi connectivity index (χ3n) is 4.87. The van der Waals surface area contributed by atoms with Crippen molar-refractivity contribution >= 4 is 18.0 Å². The molecule has 0 spiro atoms. The molecule has 0 saturated heterocycles. The van der Waals surface area contributed by atoms with Gasteiger partial charge in [-0.25, -0.2) is 9.59 Å². The summed E-state index contributed by atoms with van der Waals surface area (Å²) in [6.45, 7) is 9.09. The zero-order valence-electron chi connectivity index (χ0n) is 20.0. The number of carbonyl (C=O) groups excluding carboxylic acids is 2.